The minimum atomic E-state index is -4.86. The van der Waals surface area contributed by atoms with Gasteiger partial charge in [0.1, 0.15) is 10.7 Å². The Labute approximate surface area is 186 Å². The van der Waals surface area contributed by atoms with Gasteiger partial charge in [-0.1, -0.05) is 18.2 Å². The van der Waals surface area contributed by atoms with Crippen LogP contribution in [0.15, 0.2) is 53.6 Å². The van der Waals surface area contributed by atoms with Gasteiger partial charge in [-0.05, 0) is 24.3 Å². The third-order valence-corrected chi connectivity index (χ3v) is 6.99. The van der Waals surface area contributed by atoms with Gasteiger partial charge in [0.05, 0.1) is 29.9 Å². The number of carbonyl (C=O) groups is 1. The van der Waals surface area contributed by atoms with Gasteiger partial charge in [-0.25, -0.2) is 12.8 Å². The molecule has 0 bridgehead atoms. The van der Waals surface area contributed by atoms with Crippen molar-refractivity contribution in [1.82, 2.24) is 9.29 Å². The van der Waals surface area contributed by atoms with Gasteiger partial charge in [-0.15, -0.1) is 0 Å². The first-order chi connectivity index (χ1) is 15.6. The topological polar surface area (TPSA) is 88.6 Å². The van der Waals surface area contributed by atoms with Crippen LogP contribution < -0.4 is 5.32 Å². The molecule has 2 heterocycles. The lowest BCUT2D eigenvalue weighted by molar-refractivity contribution is -0.136. The van der Waals surface area contributed by atoms with E-state index in [4.69, 9.17) is 4.74 Å². The predicted octanol–water partition coefficient (Wildman–Crippen LogP) is 3.67. The molecule has 174 valence electrons. The summed E-state index contributed by atoms with van der Waals surface area (Å²) in [4.78, 5) is 16.0. The number of amides is 1. The zero-order valence-corrected chi connectivity index (χ0v) is 17.7. The van der Waals surface area contributed by atoms with E-state index < -0.39 is 43.9 Å². The Bertz CT molecular complexity index is 1320. The number of rotatable bonds is 4. The number of sulfonamides is 1. The minimum absolute atomic E-state index is 0.0239. The van der Waals surface area contributed by atoms with Gasteiger partial charge in [0.2, 0.25) is 10.0 Å². The summed E-state index contributed by atoms with van der Waals surface area (Å²) in [5, 5.41) is 1.97. The summed E-state index contributed by atoms with van der Waals surface area (Å²) in [7, 11) is -4.24. The minimum Gasteiger partial charge on any atom is -0.379 e. The number of hydrogen-bond acceptors (Lipinski definition) is 5. The highest BCUT2D eigenvalue weighted by atomic mass is 32.2. The Morgan fingerprint density at radius 3 is 2.48 bits per heavy atom. The Morgan fingerprint density at radius 2 is 1.79 bits per heavy atom. The molecular formula is C21H17F4N3O4S. The number of anilines is 1. The fourth-order valence-electron chi connectivity index (χ4n) is 3.52. The highest BCUT2D eigenvalue weighted by Gasteiger charge is 2.38. The van der Waals surface area contributed by atoms with Crippen LogP contribution in [0.5, 0.6) is 0 Å². The predicted molar refractivity (Wildman–Crippen MR) is 111 cm³/mol. The van der Waals surface area contributed by atoms with Crippen LogP contribution in [-0.2, 0) is 20.9 Å². The molecule has 1 aromatic heterocycles. The molecular weight excluding hydrogens is 466 g/mol. The van der Waals surface area contributed by atoms with Crippen LogP contribution in [0.4, 0.5) is 23.2 Å². The van der Waals surface area contributed by atoms with E-state index in [1.807, 2.05) is 0 Å². The van der Waals surface area contributed by atoms with Crippen molar-refractivity contribution in [3.05, 3.63) is 65.6 Å². The van der Waals surface area contributed by atoms with Crippen molar-refractivity contribution in [2.24, 2.45) is 0 Å². The number of benzene rings is 2. The molecule has 0 saturated carbocycles. The van der Waals surface area contributed by atoms with Crippen LogP contribution in [0.1, 0.15) is 15.9 Å². The van der Waals surface area contributed by atoms with Crippen LogP contribution in [-0.4, -0.2) is 49.9 Å². The van der Waals surface area contributed by atoms with Crippen molar-refractivity contribution >= 4 is 32.5 Å². The number of carbonyl (C=O) groups excluding carboxylic acids is 1. The number of pyridine rings is 1. The Kier molecular flexibility index (Phi) is 6.08. The summed E-state index contributed by atoms with van der Waals surface area (Å²) >= 11 is 0. The molecule has 0 unspecified atom stereocenters. The molecule has 1 N–H and O–H groups in total. The van der Waals surface area contributed by atoms with E-state index >= 15 is 0 Å². The smallest absolute Gasteiger partial charge is 0.379 e. The highest BCUT2D eigenvalue weighted by molar-refractivity contribution is 7.89. The van der Waals surface area contributed by atoms with Crippen LogP contribution in [0, 0.1) is 5.82 Å². The molecule has 0 atom stereocenters. The number of hydrogen-bond donors (Lipinski definition) is 1. The molecule has 0 radical (unpaired) electrons. The maximum atomic E-state index is 14.4. The van der Waals surface area contributed by atoms with Crippen molar-refractivity contribution in [3.63, 3.8) is 0 Å². The van der Waals surface area contributed by atoms with Crippen molar-refractivity contribution < 1.29 is 35.5 Å². The lowest BCUT2D eigenvalue weighted by Crippen LogP contribution is -2.40. The number of fused-ring (bicyclic) bond motifs is 1. The van der Waals surface area contributed by atoms with E-state index in [2.05, 4.69) is 10.3 Å². The molecule has 0 spiro atoms. The molecule has 1 saturated heterocycles. The SMILES string of the molecule is O=C(Nc1ccc(F)c(S(=O)(=O)N2CCOCC2)c1)c1cnc2ccccc2c1C(F)(F)F. The summed E-state index contributed by atoms with van der Waals surface area (Å²) in [5.41, 5.74) is -2.05. The molecule has 1 aliphatic rings. The average Bonchev–Trinajstić information content (AvgIpc) is 2.79. The Hall–Kier alpha value is -3.09. The number of nitrogens with zero attached hydrogens (tertiary/aromatic N) is 2. The molecule has 0 aliphatic carbocycles. The number of aromatic nitrogens is 1. The first kappa shape index (κ1) is 23.1. The largest absolute Gasteiger partial charge is 0.417 e. The molecule has 1 aliphatic heterocycles. The van der Waals surface area contributed by atoms with Crippen molar-refractivity contribution in [3.8, 4) is 0 Å². The van der Waals surface area contributed by atoms with Gasteiger partial charge in [-0.2, -0.15) is 17.5 Å². The van der Waals surface area contributed by atoms with Gasteiger partial charge in [0.25, 0.3) is 5.91 Å². The van der Waals surface area contributed by atoms with Gasteiger partial charge in [0.15, 0.2) is 0 Å². The lowest BCUT2D eigenvalue weighted by atomic mass is 10.0. The van der Waals surface area contributed by atoms with Crippen molar-refractivity contribution in [2.45, 2.75) is 11.1 Å². The van der Waals surface area contributed by atoms with Gasteiger partial charge >= 0.3 is 6.18 Å². The Balaban J connectivity index is 1.70. The van der Waals surface area contributed by atoms with E-state index in [-0.39, 0.29) is 42.9 Å². The van der Waals surface area contributed by atoms with Crippen molar-refractivity contribution in [2.75, 3.05) is 31.6 Å². The number of para-hydroxylation sites is 1. The van der Waals surface area contributed by atoms with Crippen LogP contribution in [0.2, 0.25) is 0 Å². The second-order valence-electron chi connectivity index (χ2n) is 7.18. The molecule has 12 heteroatoms. The van der Waals surface area contributed by atoms with Crippen molar-refractivity contribution in [1.29, 1.82) is 0 Å². The first-order valence-corrected chi connectivity index (χ1v) is 11.2. The normalized spacial score (nSPS) is 15.5. The molecule has 3 aromatic rings. The summed E-state index contributed by atoms with van der Waals surface area (Å²) < 4.78 is 87.5. The van der Waals surface area contributed by atoms with Crippen LogP contribution >= 0.6 is 0 Å². The third kappa shape index (κ3) is 4.54. The fourth-order valence-corrected chi connectivity index (χ4v) is 5.02. The van der Waals surface area contributed by atoms with E-state index in [0.717, 1.165) is 28.7 Å². The third-order valence-electron chi connectivity index (χ3n) is 5.08. The zero-order valence-electron chi connectivity index (χ0n) is 16.9. The van der Waals surface area contributed by atoms with Gasteiger partial charge in [0, 0.05) is 30.4 Å². The molecule has 1 amide bonds. The van der Waals surface area contributed by atoms with E-state index in [1.54, 1.807) is 0 Å². The van der Waals surface area contributed by atoms with Crippen LogP contribution in [0.3, 0.4) is 0 Å². The van der Waals surface area contributed by atoms with Gasteiger partial charge in [-0.3, -0.25) is 9.78 Å². The average molecular weight is 483 g/mol. The summed E-state index contributed by atoms with van der Waals surface area (Å²) in [6.07, 6.45) is -4.06. The molecule has 4 rings (SSSR count). The molecule has 1 fully saturated rings. The van der Waals surface area contributed by atoms with E-state index in [0.29, 0.717) is 0 Å². The summed E-state index contributed by atoms with van der Waals surface area (Å²) in [6, 6.07) is 8.26. The van der Waals surface area contributed by atoms with Crippen LogP contribution in [0.25, 0.3) is 10.9 Å². The number of alkyl halides is 3. The maximum absolute atomic E-state index is 14.4. The van der Waals surface area contributed by atoms with E-state index in [9.17, 15) is 30.8 Å². The lowest BCUT2D eigenvalue weighted by Gasteiger charge is -2.26. The molecule has 7 nitrogen and oxygen atoms in total. The number of nitrogens with one attached hydrogen (secondary N) is 1. The first-order valence-electron chi connectivity index (χ1n) is 9.73. The summed E-state index contributed by atoms with van der Waals surface area (Å²) in [5.74, 6) is -2.22. The number of halogens is 4. The zero-order chi connectivity index (χ0) is 23.8. The molecule has 33 heavy (non-hydrogen) atoms. The maximum Gasteiger partial charge on any atom is 0.417 e. The summed E-state index contributed by atoms with van der Waals surface area (Å²) in [6.45, 7) is 0.338. The highest BCUT2D eigenvalue weighted by Crippen LogP contribution is 2.37. The standard InChI is InChI=1S/C21H17F4N3O4S/c22-16-6-5-13(11-18(16)33(30,31)28-7-9-32-10-8-28)27-20(29)15-12-26-17-4-2-1-3-14(17)19(15)21(23,24)25/h1-6,11-12H,7-10H2,(H,27,29). The number of ether oxygens (including phenoxy) is 1. The molecule has 2 aromatic carbocycles. The monoisotopic (exact) mass is 483 g/mol. The van der Waals surface area contributed by atoms with Gasteiger partial charge < -0.3 is 10.1 Å². The fraction of sp³-hybridized carbons (Fsp3) is 0.238. The number of morpholine rings is 1. The second kappa shape index (κ2) is 8.69. The quantitative estimate of drug-likeness (QED) is 0.573. The Morgan fingerprint density at radius 1 is 1.09 bits per heavy atom. The second-order valence-corrected chi connectivity index (χ2v) is 9.08. The van der Waals surface area contributed by atoms with E-state index in [1.165, 1.54) is 24.3 Å².